The highest BCUT2D eigenvalue weighted by Crippen LogP contribution is 2.52. The molecule has 9 aromatic rings. The summed E-state index contributed by atoms with van der Waals surface area (Å²) in [6.45, 7) is 6.40. The van der Waals surface area contributed by atoms with Gasteiger partial charge < -0.3 is 9.13 Å². The molecule has 0 saturated carbocycles. The zero-order valence-corrected chi connectivity index (χ0v) is 29.9. The summed E-state index contributed by atoms with van der Waals surface area (Å²) < 4.78 is 35.9. The van der Waals surface area contributed by atoms with E-state index in [0.717, 1.165) is 50.1 Å². The van der Waals surface area contributed by atoms with Gasteiger partial charge in [-0.3, -0.25) is 0 Å². The topological polar surface area (TPSA) is 47.2 Å². The van der Waals surface area contributed by atoms with Crippen LogP contribution in [0.15, 0.2) is 163 Å². The number of nitrogens with zero attached hydrogens (tertiary/aromatic N) is 3. The third-order valence-corrected chi connectivity index (χ3v) is 12.7. The number of hydrogen-bond donors (Lipinski definition) is 0. The third-order valence-electron chi connectivity index (χ3n) is 11.0. The molecule has 0 radical (unpaired) electrons. The molecule has 0 bridgehead atoms. The van der Waals surface area contributed by atoms with E-state index in [1.54, 1.807) is 16.4 Å². The Morgan fingerprint density at radius 3 is 1.21 bits per heavy atom. The Bertz CT molecular complexity index is 2750. The van der Waals surface area contributed by atoms with E-state index < -0.39 is 15.4 Å². The standard InChI is InChI=1S/C46H35N3O2S/c1-30-20-24-33(25-21-30)52(50,51)49-44-26-22-31(47-40-16-8-4-12-34(40)35-13-5-9-17-41(35)47)28-38(44)46(2,3)39-29-32(23-27-45(39)49)48-42-18-10-6-14-36(42)37-15-7-11-19-43(37)48/h4-29H,1-3H3. The third kappa shape index (κ3) is 4.25. The molecule has 6 heteroatoms. The van der Waals surface area contributed by atoms with Crippen LogP contribution >= 0.6 is 0 Å². The minimum absolute atomic E-state index is 0.257. The van der Waals surface area contributed by atoms with Crippen molar-refractivity contribution in [2.24, 2.45) is 0 Å². The maximum Gasteiger partial charge on any atom is 0.268 e. The second-order valence-electron chi connectivity index (χ2n) is 14.3. The highest BCUT2D eigenvalue weighted by molar-refractivity contribution is 7.93. The van der Waals surface area contributed by atoms with Crippen LogP contribution in [0.3, 0.4) is 0 Å². The van der Waals surface area contributed by atoms with Gasteiger partial charge in [-0.2, -0.15) is 0 Å². The molecule has 0 unspecified atom stereocenters. The molecule has 7 aromatic carbocycles. The molecule has 0 saturated heterocycles. The quantitative estimate of drug-likeness (QED) is 0.184. The fourth-order valence-electron chi connectivity index (χ4n) is 8.43. The van der Waals surface area contributed by atoms with Crippen molar-refractivity contribution in [2.45, 2.75) is 31.1 Å². The first-order chi connectivity index (χ1) is 25.2. The summed E-state index contributed by atoms with van der Waals surface area (Å²) in [5, 5.41) is 4.72. The molecule has 0 amide bonds. The molecule has 1 aliphatic heterocycles. The second kappa shape index (κ2) is 10.9. The van der Waals surface area contributed by atoms with Gasteiger partial charge in [0, 0.05) is 38.3 Å². The van der Waals surface area contributed by atoms with Crippen LogP contribution < -0.4 is 4.31 Å². The summed E-state index contributed by atoms with van der Waals surface area (Å²) >= 11 is 0. The van der Waals surface area contributed by atoms with E-state index in [2.05, 4.69) is 144 Å². The van der Waals surface area contributed by atoms with Gasteiger partial charge in [-0.15, -0.1) is 0 Å². The summed E-state index contributed by atoms with van der Waals surface area (Å²) in [5.41, 5.74) is 10.0. The van der Waals surface area contributed by atoms with E-state index in [1.807, 2.05) is 31.2 Å². The molecule has 0 fully saturated rings. The number of fused-ring (bicyclic) bond motifs is 8. The molecule has 0 N–H and O–H groups in total. The van der Waals surface area contributed by atoms with Gasteiger partial charge in [-0.25, -0.2) is 12.7 Å². The van der Waals surface area contributed by atoms with Gasteiger partial charge in [0.2, 0.25) is 0 Å². The van der Waals surface area contributed by atoms with Gasteiger partial charge in [0.25, 0.3) is 10.0 Å². The van der Waals surface area contributed by atoms with Gasteiger partial charge in [0.05, 0.1) is 38.3 Å². The monoisotopic (exact) mass is 693 g/mol. The van der Waals surface area contributed by atoms with E-state index in [4.69, 9.17) is 0 Å². The van der Waals surface area contributed by atoms with Crippen LogP contribution in [0.25, 0.3) is 55.0 Å². The SMILES string of the molecule is Cc1ccc(S(=O)(=O)N2c3ccc(-n4c5ccccc5c5ccccc54)cc3C(C)(C)c3cc(-n4c5ccccc5c5ccccc54)ccc32)cc1. The average molecular weight is 694 g/mol. The number of benzene rings is 7. The molecule has 252 valence electrons. The Morgan fingerprint density at radius 2 is 0.827 bits per heavy atom. The Balaban J connectivity index is 1.25. The smallest absolute Gasteiger partial charge is 0.268 e. The summed E-state index contributed by atoms with van der Waals surface area (Å²) in [6.07, 6.45) is 0. The highest BCUT2D eigenvalue weighted by atomic mass is 32.2. The lowest BCUT2D eigenvalue weighted by Crippen LogP contribution is -2.37. The number of para-hydroxylation sites is 4. The molecule has 2 aromatic heterocycles. The lowest BCUT2D eigenvalue weighted by atomic mass is 9.74. The molecule has 1 aliphatic rings. The van der Waals surface area contributed by atoms with Gasteiger partial charge in [0.15, 0.2) is 0 Å². The van der Waals surface area contributed by atoms with Crippen LogP contribution in [0.4, 0.5) is 11.4 Å². The number of aryl methyl sites for hydroxylation is 1. The van der Waals surface area contributed by atoms with Gasteiger partial charge in [-0.1, -0.05) is 104 Å². The predicted molar refractivity (Wildman–Crippen MR) is 214 cm³/mol. The summed E-state index contributed by atoms with van der Waals surface area (Å²) in [7, 11) is -4.01. The van der Waals surface area contributed by atoms with E-state index in [1.165, 1.54) is 21.5 Å². The van der Waals surface area contributed by atoms with Crippen molar-refractivity contribution >= 4 is 65.0 Å². The molecule has 0 aliphatic carbocycles. The van der Waals surface area contributed by atoms with Crippen molar-refractivity contribution in [3.8, 4) is 11.4 Å². The number of rotatable bonds is 4. The zero-order chi connectivity index (χ0) is 35.4. The van der Waals surface area contributed by atoms with E-state index in [0.29, 0.717) is 11.4 Å². The molecule has 10 rings (SSSR count). The van der Waals surface area contributed by atoms with Crippen molar-refractivity contribution in [3.05, 3.63) is 174 Å². The molecular formula is C46H35N3O2S. The molecule has 0 spiro atoms. The lowest BCUT2D eigenvalue weighted by molar-refractivity contribution is 0.590. The summed E-state index contributed by atoms with van der Waals surface area (Å²) in [5.74, 6) is 0. The number of aromatic nitrogens is 2. The van der Waals surface area contributed by atoms with E-state index in [9.17, 15) is 8.42 Å². The van der Waals surface area contributed by atoms with Gasteiger partial charge in [-0.05, 0) is 90.8 Å². The van der Waals surface area contributed by atoms with Crippen LogP contribution in [0.2, 0.25) is 0 Å². The Hall–Kier alpha value is -6.11. The van der Waals surface area contributed by atoms with E-state index in [-0.39, 0.29) is 4.90 Å². The maximum absolute atomic E-state index is 14.9. The summed E-state index contributed by atoms with van der Waals surface area (Å²) in [6, 6.07) is 53.5. The largest absolute Gasteiger partial charge is 0.309 e. The Kier molecular flexibility index (Phi) is 6.46. The number of anilines is 2. The Labute approximate surface area is 302 Å². The molecule has 3 heterocycles. The van der Waals surface area contributed by atoms with Gasteiger partial charge >= 0.3 is 0 Å². The first-order valence-corrected chi connectivity index (χ1v) is 19.1. The normalized spacial score (nSPS) is 13.9. The predicted octanol–water partition coefficient (Wildman–Crippen LogP) is 11.4. The van der Waals surface area contributed by atoms with Crippen LogP contribution in [-0.4, -0.2) is 17.6 Å². The summed E-state index contributed by atoms with van der Waals surface area (Å²) in [4.78, 5) is 0.257. The molecule has 5 nitrogen and oxygen atoms in total. The van der Waals surface area contributed by atoms with Gasteiger partial charge in [0.1, 0.15) is 0 Å². The van der Waals surface area contributed by atoms with E-state index >= 15 is 0 Å². The second-order valence-corrected chi connectivity index (χ2v) is 16.1. The fourth-order valence-corrected chi connectivity index (χ4v) is 9.96. The fraction of sp³-hybridized carbons (Fsp3) is 0.0870. The maximum atomic E-state index is 14.9. The minimum Gasteiger partial charge on any atom is -0.309 e. The van der Waals surface area contributed by atoms with Crippen molar-refractivity contribution in [3.63, 3.8) is 0 Å². The molecule has 0 atom stereocenters. The Morgan fingerprint density at radius 1 is 0.462 bits per heavy atom. The van der Waals surface area contributed by atoms with Crippen LogP contribution in [-0.2, 0) is 15.4 Å². The number of sulfonamides is 1. The van der Waals surface area contributed by atoms with Crippen molar-refractivity contribution in [2.75, 3.05) is 4.31 Å². The van der Waals surface area contributed by atoms with Crippen molar-refractivity contribution < 1.29 is 8.42 Å². The highest BCUT2D eigenvalue weighted by Gasteiger charge is 2.42. The van der Waals surface area contributed by atoms with Crippen molar-refractivity contribution in [1.29, 1.82) is 0 Å². The van der Waals surface area contributed by atoms with Crippen LogP contribution in [0, 0.1) is 6.92 Å². The van der Waals surface area contributed by atoms with Crippen LogP contribution in [0.1, 0.15) is 30.5 Å². The van der Waals surface area contributed by atoms with Crippen LogP contribution in [0.5, 0.6) is 0 Å². The number of hydrogen-bond acceptors (Lipinski definition) is 2. The molecule has 52 heavy (non-hydrogen) atoms. The first kappa shape index (κ1) is 30.7. The zero-order valence-electron chi connectivity index (χ0n) is 29.1. The minimum atomic E-state index is -4.01. The first-order valence-electron chi connectivity index (χ1n) is 17.6. The molecular weight excluding hydrogens is 659 g/mol. The lowest BCUT2D eigenvalue weighted by Gasteiger charge is -2.41. The average Bonchev–Trinajstić information content (AvgIpc) is 3.68. The van der Waals surface area contributed by atoms with Crippen molar-refractivity contribution in [1.82, 2.24) is 9.13 Å².